The lowest BCUT2D eigenvalue weighted by Crippen LogP contribution is -2.34. The van der Waals surface area contributed by atoms with E-state index in [9.17, 15) is 17.6 Å². The molecule has 0 saturated carbocycles. The predicted molar refractivity (Wildman–Crippen MR) is 78.8 cm³/mol. The molecule has 2 aromatic rings. The second-order valence-electron chi connectivity index (χ2n) is 4.49. The van der Waals surface area contributed by atoms with Crippen molar-refractivity contribution < 1.29 is 22.0 Å². The third-order valence-electron chi connectivity index (χ3n) is 2.89. The van der Waals surface area contributed by atoms with Crippen LogP contribution in [0.25, 0.3) is 11.3 Å². The lowest BCUT2D eigenvalue weighted by atomic mass is 10.1. The first-order valence-electron chi connectivity index (χ1n) is 6.43. The van der Waals surface area contributed by atoms with E-state index in [1.54, 1.807) is 30.3 Å². The number of halogens is 1. The average molecular weight is 326 g/mol. The Balaban J connectivity index is 1.99. The molecule has 1 heterocycles. The standard InChI is InChI=1S/C14H15FN2O4S/c1-16-22(19,20)9-14(18)17-8-10-6-7-13(21-10)11-4-2-3-5-12(11)15/h2-7,16H,8-9H2,1H3,(H,17,18). The minimum Gasteiger partial charge on any atom is -0.459 e. The molecule has 1 amide bonds. The van der Waals surface area contributed by atoms with E-state index < -0.39 is 27.5 Å². The SMILES string of the molecule is CNS(=O)(=O)CC(=O)NCc1ccc(-c2ccccc2F)o1. The molecule has 0 spiro atoms. The smallest absolute Gasteiger partial charge is 0.236 e. The van der Waals surface area contributed by atoms with Crippen molar-refractivity contribution in [2.45, 2.75) is 6.54 Å². The van der Waals surface area contributed by atoms with E-state index in [1.807, 2.05) is 4.72 Å². The number of nitrogens with one attached hydrogen (secondary N) is 2. The summed E-state index contributed by atoms with van der Waals surface area (Å²) < 4.78 is 43.5. The summed E-state index contributed by atoms with van der Waals surface area (Å²) in [5, 5.41) is 2.42. The van der Waals surface area contributed by atoms with Crippen LogP contribution in [0.2, 0.25) is 0 Å². The lowest BCUT2D eigenvalue weighted by molar-refractivity contribution is -0.118. The predicted octanol–water partition coefficient (Wildman–Crippen LogP) is 1.25. The number of sulfonamides is 1. The lowest BCUT2D eigenvalue weighted by Gasteiger charge is -2.04. The Morgan fingerprint density at radius 2 is 1.95 bits per heavy atom. The van der Waals surface area contributed by atoms with Crippen LogP contribution in [-0.4, -0.2) is 27.1 Å². The van der Waals surface area contributed by atoms with E-state index in [2.05, 4.69) is 5.32 Å². The third-order valence-corrected chi connectivity index (χ3v) is 4.16. The summed E-state index contributed by atoms with van der Waals surface area (Å²) in [6, 6.07) is 9.34. The van der Waals surface area contributed by atoms with Gasteiger partial charge < -0.3 is 9.73 Å². The van der Waals surface area contributed by atoms with Gasteiger partial charge in [0.2, 0.25) is 15.9 Å². The van der Waals surface area contributed by atoms with Gasteiger partial charge in [0.05, 0.1) is 12.1 Å². The fraction of sp³-hybridized carbons (Fsp3) is 0.214. The van der Waals surface area contributed by atoms with Crippen LogP contribution in [0.5, 0.6) is 0 Å². The molecule has 0 aliphatic heterocycles. The van der Waals surface area contributed by atoms with Crippen LogP contribution in [0.15, 0.2) is 40.8 Å². The topological polar surface area (TPSA) is 88.4 Å². The second kappa shape index (κ2) is 6.71. The van der Waals surface area contributed by atoms with E-state index in [0.29, 0.717) is 17.1 Å². The first-order valence-corrected chi connectivity index (χ1v) is 8.08. The molecule has 0 bridgehead atoms. The normalized spacial score (nSPS) is 11.4. The van der Waals surface area contributed by atoms with Crippen LogP contribution in [0, 0.1) is 5.82 Å². The Morgan fingerprint density at radius 3 is 2.64 bits per heavy atom. The van der Waals surface area contributed by atoms with E-state index in [4.69, 9.17) is 4.42 Å². The molecule has 6 nitrogen and oxygen atoms in total. The summed E-state index contributed by atoms with van der Waals surface area (Å²) in [5.41, 5.74) is 0.317. The van der Waals surface area contributed by atoms with Crippen molar-refractivity contribution in [1.82, 2.24) is 10.0 Å². The summed E-state index contributed by atoms with van der Waals surface area (Å²) in [5.74, 6) is -0.992. The molecule has 0 saturated heterocycles. The van der Waals surface area contributed by atoms with Crippen molar-refractivity contribution in [2.24, 2.45) is 0 Å². The number of hydrogen-bond donors (Lipinski definition) is 2. The zero-order valence-electron chi connectivity index (χ0n) is 11.8. The molecule has 2 N–H and O–H groups in total. The van der Waals surface area contributed by atoms with E-state index in [0.717, 1.165) is 0 Å². The van der Waals surface area contributed by atoms with Crippen LogP contribution >= 0.6 is 0 Å². The quantitative estimate of drug-likeness (QED) is 0.836. The molecule has 22 heavy (non-hydrogen) atoms. The number of carbonyl (C=O) groups excluding carboxylic acids is 1. The van der Waals surface area contributed by atoms with Gasteiger partial charge in [-0.1, -0.05) is 12.1 Å². The average Bonchev–Trinajstić information content (AvgIpc) is 2.94. The highest BCUT2D eigenvalue weighted by Gasteiger charge is 2.15. The van der Waals surface area contributed by atoms with Gasteiger partial charge in [-0.3, -0.25) is 4.79 Å². The monoisotopic (exact) mass is 326 g/mol. The number of amides is 1. The van der Waals surface area contributed by atoms with E-state index in [-0.39, 0.29) is 6.54 Å². The molecule has 0 fully saturated rings. The molecular weight excluding hydrogens is 311 g/mol. The largest absolute Gasteiger partial charge is 0.459 e. The molecule has 1 aromatic carbocycles. The highest BCUT2D eigenvalue weighted by molar-refractivity contribution is 7.90. The fourth-order valence-corrected chi connectivity index (χ4v) is 2.35. The van der Waals surface area contributed by atoms with Crippen molar-refractivity contribution >= 4 is 15.9 Å². The Bertz CT molecular complexity index is 771. The highest BCUT2D eigenvalue weighted by atomic mass is 32.2. The van der Waals surface area contributed by atoms with E-state index >= 15 is 0 Å². The second-order valence-corrected chi connectivity index (χ2v) is 6.41. The molecular formula is C14H15FN2O4S. The van der Waals surface area contributed by atoms with Crippen LogP contribution in [0.3, 0.4) is 0 Å². The summed E-state index contributed by atoms with van der Waals surface area (Å²) in [6.07, 6.45) is 0. The zero-order chi connectivity index (χ0) is 16.2. The molecule has 1 aromatic heterocycles. The fourth-order valence-electron chi connectivity index (χ4n) is 1.76. The maximum atomic E-state index is 13.6. The van der Waals surface area contributed by atoms with Crippen LogP contribution in [0.1, 0.15) is 5.76 Å². The molecule has 0 radical (unpaired) electrons. The summed E-state index contributed by atoms with van der Waals surface area (Å²) in [7, 11) is -2.38. The molecule has 0 unspecified atom stereocenters. The van der Waals surface area contributed by atoms with Crippen LogP contribution < -0.4 is 10.0 Å². The number of rotatable bonds is 6. The summed E-state index contributed by atoms with van der Waals surface area (Å²) >= 11 is 0. The Labute approximate surface area is 127 Å². The zero-order valence-corrected chi connectivity index (χ0v) is 12.6. The maximum absolute atomic E-state index is 13.6. The number of benzene rings is 1. The highest BCUT2D eigenvalue weighted by Crippen LogP contribution is 2.24. The van der Waals surface area contributed by atoms with Crippen molar-refractivity contribution in [3.63, 3.8) is 0 Å². The van der Waals surface area contributed by atoms with Crippen molar-refractivity contribution in [3.05, 3.63) is 48.0 Å². The van der Waals surface area contributed by atoms with Crippen LogP contribution in [-0.2, 0) is 21.4 Å². The summed E-state index contributed by atoms with van der Waals surface area (Å²) in [4.78, 5) is 11.5. The minimum atomic E-state index is -3.61. The van der Waals surface area contributed by atoms with Crippen LogP contribution in [0.4, 0.5) is 4.39 Å². The van der Waals surface area contributed by atoms with E-state index in [1.165, 1.54) is 13.1 Å². The van der Waals surface area contributed by atoms with Gasteiger partial charge in [-0.15, -0.1) is 0 Å². The molecule has 2 rings (SSSR count). The van der Waals surface area contributed by atoms with Gasteiger partial charge in [0, 0.05) is 0 Å². The maximum Gasteiger partial charge on any atom is 0.236 e. The summed E-state index contributed by atoms with van der Waals surface area (Å²) in [6.45, 7) is 0.0204. The Kier molecular flexibility index (Phi) is 4.94. The number of carbonyl (C=O) groups is 1. The Morgan fingerprint density at radius 1 is 1.23 bits per heavy atom. The third kappa shape index (κ3) is 4.15. The van der Waals surface area contributed by atoms with Gasteiger partial charge in [0.15, 0.2) is 0 Å². The van der Waals surface area contributed by atoms with Gasteiger partial charge in [-0.25, -0.2) is 17.5 Å². The minimum absolute atomic E-state index is 0.0204. The Hall–Kier alpha value is -2.19. The molecule has 0 atom stereocenters. The first-order chi connectivity index (χ1) is 10.4. The van der Waals surface area contributed by atoms with Gasteiger partial charge in [-0.05, 0) is 31.3 Å². The number of furan rings is 1. The molecule has 0 aliphatic carbocycles. The van der Waals surface area contributed by atoms with Crippen molar-refractivity contribution in [3.8, 4) is 11.3 Å². The van der Waals surface area contributed by atoms with Gasteiger partial charge in [0.1, 0.15) is 23.1 Å². The van der Waals surface area contributed by atoms with Gasteiger partial charge >= 0.3 is 0 Å². The van der Waals surface area contributed by atoms with Gasteiger partial charge in [0.25, 0.3) is 0 Å². The van der Waals surface area contributed by atoms with Crippen molar-refractivity contribution in [2.75, 3.05) is 12.8 Å². The molecule has 118 valence electrons. The van der Waals surface area contributed by atoms with Gasteiger partial charge in [-0.2, -0.15) is 0 Å². The molecule has 0 aliphatic rings. The number of hydrogen-bond acceptors (Lipinski definition) is 4. The van der Waals surface area contributed by atoms with Crippen molar-refractivity contribution in [1.29, 1.82) is 0 Å². The molecule has 8 heteroatoms. The first kappa shape index (κ1) is 16.2.